The lowest BCUT2D eigenvalue weighted by atomic mass is 10.1. The van der Waals surface area contributed by atoms with Gasteiger partial charge >= 0.3 is 11.7 Å². The van der Waals surface area contributed by atoms with Gasteiger partial charge in [0.15, 0.2) is 0 Å². The predicted molar refractivity (Wildman–Crippen MR) is 62.0 cm³/mol. The maximum Gasteiger partial charge on any atom is 0.505 e. The first-order chi connectivity index (χ1) is 7.40. The molecule has 0 unspecified atom stereocenters. The lowest BCUT2D eigenvalue weighted by Crippen LogP contribution is -1.91. The summed E-state index contributed by atoms with van der Waals surface area (Å²) in [6.07, 6.45) is 0.826. The van der Waals surface area contributed by atoms with E-state index in [9.17, 15) is 4.21 Å². The maximum atomic E-state index is 10.9. The molecule has 1 nitrogen and oxygen atoms in total. The normalized spacial score (nSPS) is 9.87. The summed E-state index contributed by atoms with van der Waals surface area (Å²) in [6, 6.07) is 17.9. The molecule has 0 aromatic heterocycles. The molecular formula is C13H11OS+. The number of hydrogen-bond acceptors (Lipinski definition) is 1. The lowest BCUT2D eigenvalue weighted by molar-refractivity contribution is 0.604. The number of rotatable bonds is 3. The second-order valence-electron chi connectivity index (χ2n) is 3.35. The second kappa shape index (κ2) is 4.80. The summed E-state index contributed by atoms with van der Waals surface area (Å²) in [5.41, 5.74) is 2.34. The van der Waals surface area contributed by atoms with E-state index in [1.165, 1.54) is 5.56 Å². The molecule has 0 aliphatic rings. The van der Waals surface area contributed by atoms with Crippen molar-refractivity contribution in [2.75, 3.05) is 0 Å². The molecule has 0 fully saturated rings. The van der Waals surface area contributed by atoms with Crippen LogP contribution in [0.4, 0.5) is 0 Å². The fourth-order valence-corrected chi connectivity index (χ4v) is 1.93. The lowest BCUT2D eigenvalue weighted by Gasteiger charge is -1.99. The van der Waals surface area contributed by atoms with Crippen LogP contribution >= 0.6 is 0 Å². The molecule has 0 spiro atoms. The minimum Gasteiger partial charge on any atom is -0.0622 e. The van der Waals surface area contributed by atoms with Gasteiger partial charge in [0.2, 0.25) is 0 Å². The molecule has 0 heterocycles. The van der Waals surface area contributed by atoms with E-state index in [4.69, 9.17) is 0 Å². The largest absolute Gasteiger partial charge is 0.505 e. The highest BCUT2D eigenvalue weighted by Gasteiger charge is 2.12. The minimum atomic E-state index is 0.565. The van der Waals surface area contributed by atoms with Crippen molar-refractivity contribution < 1.29 is 4.21 Å². The fraction of sp³-hybridized carbons (Fsp3) is 0.0769. The molecule has 0 aliphatic carbocycles. The van der Waals surface area contributed by atoms with Gasteiger partial charge in [0, 0.05) is 22.3 Å². The van der Waals surface area contributed by atoms with Crippen LogP contribution in [0.1, 0.15) is 11.1 Å². The van der Waals surface area contributed by atoms with E-state index in [2.05, 4.69) is 12.1 Å². The van der Waals surface area contributed by atoms with Crippen LogP contribution in [0.25, 0.3) is 0 Å². The average molecular weight is 215 g/mol. The Morgan fingerprint density at radius 1 is 0.867 bits per heavy atom. The van der Waals surface area contributed by atoms with E-state index in [-0.39, 0.29) is 0 Å². The first kappa shape index (κ1) is 9.99. The summed E-state index contributed by atoms with van der Waals surface area (Å²) >= 11 is 0.565. The van der Waals surface area contributed by atoms with Gasteiger partial charge in [0.1, 0.15) is 0 Å². The molecular weight excluding hydrogens is 204 g/mol. The van der Waals surface area contributed by atoms with Crippen molar-refractivity contribution in [1.29, 1.82) is 0 Å². The van der Waals surface area contributed by atoms with Crippen molar-refractivity contribution in [3.8, 4) is 0 Å². The Bertz CT molecular complexity index is 451. The second-order valence-corrected chi connectivity index (χ2v) is 3.96. The topological polar surface area (TPSA) is 17.1 Å². The monoisotopic (exact) mass is 215 g/mol. The molecule has 0 N–H and O–H groups in total. The van der Waals surface area contributed by atoms with E-state index in [0.29, 0.717) is 11.7 Å². The first-order valence-electron chi connectivity index (χ1n) is 4.82. The third kappa shape index (κ3) is 2.48. The van der Waals surface area contributed by atoms with Gasteiger partial charge in [-0.2, -0.15) is 0 Å². The van der Waals surface area contributed by atoms with Crippen molar-refractivity contribution in [1.82, 2.24) is 0 Å². The summed E-state index contributed by atoms with van der Waals surface area (Å²) in [4.78, 5) is 0.821. The van der Waals surface area contributed by atoms with Crippen LogP contribution in [0.15, 0.2) is 59.5 Å². The molecule has 0 aliphatic heterocycles. The van der Waals surface area contributed by atoms with E-state index < -0.39 is 0 Å². The quantitative estimate of drug-likeness (QED) is 0.719. The van der Waals surface area contributed by atoms with Crippen LogP contribution in [0, 0.1) is 0 Å². The maximum absolute atomic E-state index is 10.9. The van der Waals surface area contributed by atoms with Gasteiger partial charge in [-0.1, -0.05) is 48.5 Å². The third-order valence-electron chi connectivity index (χ3n) is 2.30. The molecule has 0 saturated carbocycles. The molecule has 0 atom stereocenters. The standard InChI is InChI=1S/C13H11OS/c14-15-13-9-5-4-8-12(13)10-11-6-2-1-3-7-11/h1-9H,10H2/q+1. The SMILES string of the molecule is O=[S+]c1ccccc1Cc1ccccc1. The molecule has 2 rings (SSSR count). The Morgan fingerprint density at radius 2 is 1.53 bits per heavy atom. The fourth-order valence-electron chi connectivity index (χ4n) is 1.55. The Hall–Kier alpha value is -1.54. The Morgan fingerprint density at radius 3 is 2.27 bits per heavy atom. The summed E-state index contributed by atoms with van der Waals surface area (Å²) in [7, 11) is 0. The molecule has 15 heavy (non-hydrogen) atoms. The van der Waals surface area contributed by atoms with E-state index >= 15 is 0 Å². The van der Waals surface area contributed by atoms with Gasteiger partial charge in [0.25, 0.3) is 4.90 Å². The summed E-state index contributed by atoms with van der Waals surface area (Å²) in [5.74, 6) is 0. The zero-order chi connectivity index (χ0) is 10.5. The molecule has 0 bridgehead atoms. The summed E-state index contributed by atoms with van der Waals surface area (Å²) < 4.78 is 10.9. The average Bonchev–Trinajstić information content (AvgIpc) is 2.31. The molecule has 0 amide bonds. The highest BCUT2D eigenvalue weighted by atomic mass is 32.1. The van der Waals surface area contributed by atoms with Gasteiger partial charge in [0.05, 0.1) is 0 Å². The number of benzene rings is 2. The van der Waals surface area contributed by atoms with E-state index in [1.807, 2.05) is 42.5 Å². The van der Waals surface area contributed by atoms with Crippen LogP contribution in [-0.4, -0.2) is 0 Å². The van der Waals surface area contributed by atoms with Gasteiger partial charge in [-0.05, 0) is 5.56 Å². The third-order valence-corrected chi connectivity index (χ3v) is 2.88. The van der Waals surface area contributed by atoms with Gasteiger partial charge in [-0.25, -0.2) is 0 Å². The zero-order valence-corrected chi connectivity index (χ0v) is 9.04. The Balaban J connectivity index is 2.28. The summed E-state index contributed by atoms with van der Waals surface area (Å²) in [5, 5.41) is 0. The molecule has 2 heteroatoms. The first-order valence-corrected chi connectivity index (χ1v) is 5.56. The van der Waals surface area contributed by atoms with Crippen LogP contribution in [0.2, 0.25) is 0 Å². The van der Waals surface area contributed by atoms with Crippen molar-refractivity contribution in [2.45, 2.75) is 11.3 Å². The van der Waals surface area contributed by atoms with E-state index in [1.54, 1.807) is 0 Å². The van der Waals surface area contributed by atoms with Crippen molar-refractivity contribution in [3.63, 3.8) is 0 Å². The van der Waals surface area contributed by atoms with Crippen LogP contribution in [-0.2, 0) is 22.3 Å². The highest BCUT2D eigenvalue weighted by Crippen LogP contribution is 2.14. The van der Waals surface area contributed by atoms with Gasteiger partial charge in [-0.3, -0.25) is 0 Å². The molecule has 74 valence electrons. The summed E-state index contributed by atoms with van der Waals surface area (Å²) in [6.45, 7) is 0. The van der Waals surface area contributed by atoms with Crippen molar-refractivity contribution >= 4 is 11.7 Å². The predicted octanol–water partition coefficient (Wildman–Crippen LogP) is 3.06. The van der Waals surface area contributed by atoms with Gasteiger partial charge < -0.3 is 0 Å². The highest BCUT2D eigenvalue weighted by molar-refractivity contribution is 7.65. The van der Waals surface area contributed by atoms with Crippen LogP contribution in [0.3, 0.4) is 0 Å². The molecule has 0 radical (unpaired) electrons. The number of hydrogen-bond donors (Lipinski definition) is 0. The van der Waals surface area contributed by atoms with Crippen molar-refractivity contribution in [2.24, 2.45) is 0 Å². The Kier molecular flexibility index (Phi) is 3.20. The molecule has 2 aromatic rings. The molecule has 0 saturated heterocycles. The van der Waals surface area contributed by atoms with Gasteiger partial charge in [-0.15, -0.1) is 0 Å². The van der Waals surface area contributed by atoms with Crippen LogP contribution in [0.5, 0.6) is 0 Å². The molecule has 2 aromatic carbocycles. The van der Waals surface area contributed by atoms with E-state index in [0.717, 1.165) is 16.9 Å². The Labute approximate surface area is 93.3 Å². The smallest absolute Gasteiger partial charge is 0.0622 e. The van der Waals surface area contributed by atoms with Crippen molar-refractivity contribution in [3.05, 3.63) is 65.7 Å². The van der Waals surface area contributed by atoms with Crippen LogP contribution < -0.4 is 0 Å². The zero-order valence-electron chi connectivity index (χ0n) is 8.22. The minimum absolute atomic E-state index is 0.565.